The molecule has 2 N–H and O–H groups in total. The van der Waals surface area contributed by atoms with Crippen molar-refractivity contribution in [2.24, 2.45) is 0 Å². The molecule has 2 amide bonds. The zero-order valence-corrected chi connectivity index (χ0v) is 15.9. The highest BCUT2D eigenvalue weighted by Gasteiger charge is 2.18. The van der Waals surface area contributed by atoms with E-state index >= 15 is 0 Å². The fourth-order valence-electron chi connectivity index (χ4n) is 2.39. The summed E-state index contributed by atoms with van der Waals surface area (Å²) in [7, 11) is 0. The Labute approximate surface area is 167 Å². The van der Waals surface area contributed by atoms with Crippen molar-refractivity contribution in [3.8, 4) is 0 Å². The molecule has 9 heteroatoms. The number of hydrogen-bond donors (Lipinski definition) is 2. The molecule has 0 saturated heterocycles. The third-order valence-electron chi connectivity index (χ3n) is 3.72. The van der Waals surface area contributed by atoms with E-state index in [2.05, 4.69) is 10.6 Å². The van der Waals surface area contributed by atoms with E-state index in [4.69, 9.17) is 11.6 Å². The van der Waals surface area contributed by atoms with Crippen molar-refractivity contribution in [3.63, 3.8) is 0 Å². The molecule has 0 fully saturated rings. The molecule has 0 saturated carbocycles. The fraction of sp³-hybridized carbons (Fsp3) is 0.0526. The smallest absolute Gasteiger partial charge is 0.266 e. The molecule has 0 aliphatic rings. The first-order valence-corrected chi connectivity index (χ1v) is 9.07. The number of anilines is 2. The molecule has 0 aliphatic carbocycles. The maximum atomic E-state index is 13.7. The summed E-state index contributed by atoms with van der Waals surface area (Å²) in [4.78, 5) is 24.9. The van der Waals surface area contributed by atoms with Crippen LogP contribution < -0.4 is 10.6 Å². The van der Waals surface area contributed by atoms with Gasteiger partial charge < -0.3 is 10.6 Å². The molecule has 144 valence electrons. The van der Waals surface area contributed by atoms with Gasteiger partial charge in [0.25, 0.3) is 11.8 Å². The van der Waals surface area contributed by atoms with Gasteiger partial charge in [-0.15, -0.1) is 11.3 Å². The van der Waals surface area contributed by atoms with Crippen molar-refractivity contribution in [1.29, 1.82) is 0 Å². The average Bonchev–Trinajstić information content (AvgIpc) is 2.97. The molecule has 0 spiro atoms. The van der Waals surface area contributed by atoms with Crippen LogP contribution >= 0.6 is 22.9 Å². The first-order valence-electron chi connectivity index (χ1n) is 7.88. The van der Waals surface area contributed by atoms with Gasteiger partial charge >= 0.3 is 0 Å². The second kappa shape index (κ2) is 8.04. The lowest BCUT2D eigenvalue weighted by Gasteiger charge is -2.06. The maximum Gasteiger partial charge on any atom is 0.266 e. The lowest BCUT2D eigenvalue weighted by molar-refractivity contribution is 0.102. The summed E-state index contributed by atoms with van der Waals surface area (Å²) in [6, 6.07) is 7.74. The predicted octanol–water partition coefficient (Wildman–Crippen LogP) is 5.63. The Hall–Kier alpha value is -2.84. The number of benzene rings is 2. The van der Waals surface area contributed by atoms with E-state index in [9.17, 15) is 22.8 Å². The zero-order valence-electron chi connectivity index (χ0n) is 14.3. The van der Waals surface area contributed by atoms with Crippen molar-refractivity contribution in [1.82, 2.24) is 0 Å². The molecular formula is C19H12ClF3N2O2S. The summed E-state index contributed by atoms with van der Waals surface area (Å²) < 4.78 is 39.8. The summed E-state index contributed by atoms with van der Waals surface area (Å²) in [5.74, 6) is -3.40. The second-order valence-corrected chi connectivity index (χ2v) is 7.24. The molecule has 0 aliphatic heterocycles. The Kier molecular flexibility index (Phi) is 5.71. The van der Waals surface area contributed by atoms with Crippen LogP contribution in [0.2, 0.25) is 5.02 Å². The first kappa shape index (κ1) is 19.9. The van der Waals surface area contributed by atoms with Gasteiger partial charge in [0, 0.05) is 6.07 Å². The van der Waals surface area contributed by atoms with Gasteiger partial charge in [0.15, 0.2) is 0 Å². The molecule has 0 bridgehead atoms. The van der Waals surface area contributed by atoms with E-state index < -0.39 is 29.3 Å². The van der Waals surface area contributed by atoms with E-state index in [0.29, 0.717) is 16.6 Å². The van der Waals surface area contributed by atoms with E-state index in [-0.39, 0.29) is 21.2 Å². The summed E-state index contributed by atoms with van der Waals surface area (Å²) in [6.45, 7) is 1.65. The number of carbonyl (C=O) groups is 2. The lowest BCUT2D eigenvalue weighted by Crippen LogP contribution is -2.13. The van der Waals surface area contributed by atoms with Gasteiger partial charge in [-0.1, -0.05) is 11.6 Å². The minimum Gasteiger partial charge on any atom is -0.319 e. The molecule has 2 aromatic carbocycles. The molecule has 1 heterocycles. The Morgan fingerprint density at radius 2 is 1.61 bits per heavy atom. The van der Waals surface area contributed by atoms with Crippen LogP contribution in [0.25, 0.3) is 0 Å². The van der Waals surface area contributed by atoms with Crippen LogP contribution in [0.5, 0.6) is 0 Å². The highest BCUT2D eigenvalue weighted by atomic mass is 35.5. The average molecular weight is 425 g/mol. The van der Waals surface area contributed by atoms with Gasteiger partial charge in [-0.25, -0.2) is 13.2 Å². The maximum absolute atomic E-state index is 13.7. The Bertz CT molecular complexity index is 1090. The molecule has 3 rings (SSSR count). The Morgan fingerprint density at radius 3 is 2.29 bits per heavy atom. The number of nitrogens with one attached hydrogen (secondary N) is 2. The molecular weight excluding hydrogens is 413 g/mol. The van der Waals surface area contributed by atoms with E-state index in [1.54, 1.807) is 13.0 Å². The SMILES string of the molecule is Cc1cc(NC(=O)c2ccc(F)cc2Cl)sc1C(=O)Nc1ccc(F)cc1F. The topological polar surface area (TPSA) is 58.2 Å². The van der Waals surface area contributed by atoms with Crippen LogP contribution in [0.15, 0.2) is 42.5 Å². The predicted molar refractivity (Wildman–Crippen MR) is 103 cm³/mol. The van der Waals surface area contributed by atoms with Crippen molar-refractivity contribution < 1.29 is 22.8 Å². The first-order chi connectivity index (χ1) is 13.2. The van der Waals surface area contributed by atoms with Crippen LogP contribution in [-0.2, 0) is 0 Å². The van der Waals surface area contributed by atoms with Crippen LogP contribution in [-0.4, -0.2) is 11.8 Å². The Balaban J connectivity index is 1.77. The number of thiophene rings is 1. The minimum atomic E-state index is -0.901. The van der Waals surface area contributed by atoms with Crippen LogP contribution in [0.4, 0.5) is 23.9 Å². The summed E-state index contributed by atoms with van der Waals surface area (Å²) >= 11 is 6.84. The van der Waals surface area contributed by atoms with Crippen molar-refractivity contribution in [3.05, 3.63) is 80.9 Å². The standard InChI is InChI=1S/C19H12ClF3N2O2S/c1-9-6-16(25-18(26)12-4-2-10(21)7-13(12)20)28-17(9)19(27)24-15-5-3-11(22)8-14(15)23/h2-8H,1H3,(H,24,27)(H,25,26). The molecule has 0 unspecified atom stereocenters. The molecule has 28 heavy (non-hydrogen) atoms. The van der Waals surface area contributed by atoms with Crippen molar-refractivity contribution in [2.75, 3.05) is 10.6 Å². The molecule has 0 atom stereocenters. The summed E-state index contributed by atoms with van der Waals surface area (Å²) in [6.07, 6.45) is 0. The third kappa shape index (κ3) is 4.35. The summed E-state index contributed by atoms with van der Waals surface area (Å²) in [5, 5.41) is 5.26. The van der Waals surface area contributed by atoms with Gasteiger partial charge in [0.1, 0.15) is 17.5 Å². The molecule has 4 nitrogen and oxygen atoms in total. The highest BCUT2D eigenvalue weighted by molar-refractivity contribution is 7.18. The third-order valence-corrected chi connectivity index (χ3v) is 5.18. The normalized spacial score (nSPS) is 10.6. The number of aryl methyl sites for hydroxylation is 1. The molecule has 1 aromatic heterocycles. The second-order valence-electron chi connectivity index (χ2n) is 5.78. The number of amides is 2. The van der Waals surface area contributed by atoms with E-state index in [1.165, 1.54) is 6.07 Å². The fourth-order valence-corrected chi connectivity index (χ4v) is 3.61. The minimum absolute atomic E-state index is 0.0458. The quantitative estimate of drug-likeness (QED) is 0.570. The van der Waals surface area contributed by atoms with Crippen molar-refractivity contribution >= 4 is 45.4 Å². The lowest BCUT2D eigenvalue weighted by atomic mass is 10.2. The summed E-state index contributed by atoms with van der Waals surface area (Å²) in [5.41, 5.74) is 0.460. The highest BCUT2D eigenvalue weighted by Crippen LogP contribution is 2.29. The zero-order chi connectivity index (χ0) is 20.4. The monoisotopic (exact) mass is 424 g/mol. The van der Waals surface area contributed by atoms with Crippen LogP contribution in [0.3, 0.4) is 0 Å². The van der Waals surface area contributed by atoms with Crippen LogP contribution in [0.1, 0.15) is 25.6 Å². The van der Waals surface area contributed by atoms with Crippen LogP contribution in [0, 0.1) is 24.4 Å². The number of carbonyl (C=O) groups excluding carboxylic acids is 2. The van der Waals surface area contributed by atoms with Gasteiger partial charge in [-0.2, -0.15) is 0 Å². The van der Waals surface area contributed by atoms with E-state index in [0.717, 1.165) is 35.6 Å². The Morgan fingerprint density at radius 1 is 0.929 bits per heavy atom. The number of hydrogen-bond acceptors (Lipinski definition) is 3. The van der Waals surface area contributed by atoms with Crippen molar-refractivity contribution in [2.45, 2.75) is 6.92 Å². The largest absolute Gasteiger partial charge is 0.319 e. The van der Waals surface area contributed by atoms with Gasteiger partial charge in [-0.05, 0) is 48.9 Å². The van der Waals surface area contributed by atoms with Gasteiger partial charge in [-0.3, -0.25) is 9.59 Å². The van der Waals surface area contributed by atoms with Gasteiger partial charge in [0.05, 0.1) is 26.2 Å². The number of halogens is 4. The molecule has 0 radical (unpaired) electrons. The van der Waals surface area contributed by atoms with E-state index in [1.807, 2.05) is 0 Å². The molecule has 3 aromatic rings. The van der Waals surface area contributed by atoms with Gasteiger partial charge in [0.2, 0.25) is 0 Å². The number of rotatable bonds is 4.